The second-order valence-electron chi connectivity index (χ2n) is 5.89. The van der Waals surface area contributed by atoms with Crippen LogP contribution in [0, 0.1) is 13.8 Å². The number of anilines is 1. The first-order chi connectivity index (χ1) is 11.5. The van der Waals surface area contributed by atoms with E-state index in [-0.39, 0.29) is 18.1 Å². The number of urea groups is 1. The molecule has 1 aliphatic heterocycles. The van der Waals surface area contributed by atoms with Crippen LogP contribution in [0.1, 0.15) is 16.8 Å². The summed E-state index contributed by atoms with van der Waals surface area (Å²) in [6.07, 6.45) is 1.79. The van der Waals surface area contributed by atoms with Gasteiger partial charge in [-0.3, -0.25) is 4.79 Å². The van der Waals surface area contributed by atoms with Crippen molar-refractivity contribution in [1.29, 1.82) is 0 Å². The van der Waals surface area contributed by atoms with Gasteiger partial charge in [-0.15, -0.1) is 11.3 Å². The van der Waals surface area contributed by atoms with E-state index in [1.54, 1.807) is 22.4 Å². The number of amides is 2. The Morgan fingerprint density at radius 3 is 2.71 bits per heavy atom. The van der Waals surface area contributed by atoms with Gasteiger partial charge in [-0.1, -0.05) is 0 Å². The van der Waals surface area contributed by atoms with Crippen molar-refractivity contribution in [2.75, 3.05) is 31.1 Å². The molecule has 2 amide bonds. The molecule has 0 radical (unpaired) electrons. The smallest absolute Gasteiger partial charge is 0.317 e. The molecule has 0 aliphatic carbocycles. The molecule has 2 aromatic heterocycles. The molecular weight excluding hydrogens is 326 g/mol. The van der Waals surface area contributed by atoms with Gasteiger partial charge in [0.15, 0.2) is 5.13 Å². The maximum absolute atomic E-state index is 12.3. The van der Waals surface area contributed by atoms with E-state index in [1.807, 2.05) is 25.3 Å². The van der Waals surface area contributed by atoms with E-state index in [1.165, 1.54) is 0 Å². The Bertz CT molecular complexity index is 763. The Hall–Kier alpha value is -2.35. The van der Waals surface area contributed by atoms with Crippen LogP contribution in [0.3, 0.4) is 0 Å². The number of rotatable bonds is 3. The lowest BCUT2D eigenvalue weighted by atomic mass is 10.1. The third kappa shape index (κ3) is 3.59. The van der Waals surface area contributed by atoms with Gasteiger partial charge in [0.25, 0.3) is 5.56 Å². The number of piperazine rings is 1. The molecular formula is C16H21N5O2S. The van der Waals surface area contributed by atoms with Gasteiger partial charge in [0, 0.05) is 49.0 Å². The quantitative estimate of drug-likeness (QED) is 0.881. The molecule has 1 fully saturated rings. The average molecular weight is 347 g/mol. The van der Waals surface area contributed by atoms with E-state index < -0.39 is 0 Å². The Labute approximate surface area is 144 Å². The molecule has 2 aromatic rings. The number of carbonyl (C=O) groups is 1. The Kier molecular flexibility index (Phi) is 4.84. The molecule has 3 rings (SSSR count). The van der Waals surface area contributed by atoms with E-state index in [4.69, 9.17) is 0 Å². The number of aryl methyl sites for hydroxylation is 2. The summed E-state index contributed by atoms with van der Waals surface area (Å²) in [6, 6.07) is 1.78. The SMILES string of the molecule is Cc1cc(C)c(CNC(=O)N2CCN(c3nccs3)CC2)c(=O)[nH]1. The van der Waals surface area contributed by atoms with Crippen molar-refractivity contribution in [2.45, 2.75) is 20.4 Å². The van der Waals surface area contributed by atoms with Crippen LogP contribution in [0.5, 0.6) is 0 Å². The predicted molar refractivity (Wildman–Crippen MR) is 94.7 cm³/mol. The third-order valence-electron chi connectivity index (χ3n) is 4.17. The second kappa shape index (κ2) is 7.04. The minimum absolute atomic E-state index is 0.131. The first kappa shape index (κ1) is 16.5. The van der Waals surface area contributed by atoms with Crippen molar-refractivity contribution in [3.63, 3.8) is 0 Å². The number of aromatic amines is 1. The van der Waals surface area contributed by atoms with Crippen LogP contribution in [0.15, 0.2) is 22.4 Å². The Morgan fingerprint density at radius 1 is 1.33 bits per heavy atom. The van der Waals surface area contributed by atoms with Crippen LogP contribution in [0.4, 0.5) is 9.93 Å². The normalized spacial score (nSPS) is 14.8. The van der Waals surface area contributed by atoms with Crippen molar-refractivity contribution in [3.05, 3.63) is 44.8 Å². The fourth-order valence-electron chi connectivity index (χ4n) is 2.85. The van der Waals surface area contributed by atoms with Crippen LogP contribution in [-0.2, 0) is 6.54 Å². The van der Waals surface area contributed by atoms with E-state index in [2.05, 4.69) is 20.2 Å². The van der Waals surface area contributed by atoms with Gasteiger partial charge in [0.1, 0.15) is 0 Å². The van der Waals surface area contributed by atoms with E-state index >= 15 is 0 Å². The maximum atomic E-state index is 12.3. The number of carbonyl (C=O) groups excluding carboxylic acids is 1. The molecule has 0 atom stereocenters. The number of hydrogen-bond donors (Lipinski definition) is 2. The van der Waals surface area contributed by atoms with Crippen molar-refractivity contribution < 1.29 is 4.79 Å². The minimum atomic E-state index is -0.138. The minimum Gasteiger partial charge on any atom is -0.345 e. The topological polar surface area (TPSA) is 81.3 Å². The highest BCUT2D eigenvalue weighted by atomic mass is 32.1. The van der Waals surface area contributed by atoms with Crippen LogP contribution >= 0.6 is 11.3 Å². The zero-order chi connectivity index (χ0) is 17.1. The number of hydrogen-bond acceptors (Lipinski definition) is 5. The van der Waals surface area contributed by atoms with Gasteiger partial charge in [0.2, 0.25) is 0 Å². The standard InChI is InChI=1S/C16H21N5O2S/c1-11-9-12(2)19-14(22)13(11)10-18-15(23)20-4-6-21(7-5-20)16-17-3-8-24-16/h3,8-9H,4-7,10H2,1-2H3,(H,18,23)(H,19,22). The monoisotopic (exact) mass is 347 g/mol. The lowest BCUT2D eigenvalue weighted by molar-refractivity contribution is 0.194. The number of aromatic nitrogens is 2. The Morgan fingerprint density at radius 2 is 2.08 bits per heavy atom. The van der Waals surface area contributed by atoms with Crippen LogP contribution < -0.4 is 15.8 Å². The number of thiazole rings is 1. The van der Waals surface area contributed by atoms with Crippen molar-refractivity contribution in [3.8, 4) is 0 Å². The lowest BCUT2D eigenvalue weighted by Crippen LogP contribution is -2.51. The molecule has 8 heteroatoms. The molecule has 1 saturated heterocycles. The summed E-state index contributed by atoms with van der Waals surface area (Å²) >= 11 is 1.61. The molecule has 0 spiro atoms. The number of nitrogens with one attached hydrogen (secondary N) is 2. The van der Waals surface area contributed by atoms with Crippen molar-refractivity contribution in [2.24, 2.45) is 0 Å². The molecule has 128 valence electrons. The molecule has 0 aromatic carbocycles. The highest BCUT2D eigenvalue weighted by Crippen LogP contribution is 2.18. The van der Waals surface area contributed by atoms with Crippen molar-refractivity contribution in [1.82, 2.24) is 20.2 Å². The molecule has 1 aliphatic rings. The largest absolute Gasteiger partial charge is 0.345 e. The van der Waals surface area contributed by atoms with Gasteiger partial charge in [-0.05, 0) is 25.5 Å². The predicted octanol–water partition coefficient (Wildman–Crippen LogP) is 1.48. The van der Waals surface area contributed by atoms with Gasteiger partial charge >= 0.3 is 6.03 Å². The molecule has 7 nitrogen and oxygen atoms in total. The molecule has 24 heavy (non-hydrogen) atoms. The summed E-state index contributed by atoms with van der Waals surface area (Å²) in [5, 5.41) is 5.81. The van der Waals surface area contributed by atoms with Gasteiger partial charge in [0.05, 0.1) is 6.54 Å². The average Bonchev–Trinajstić information content (AvgIpc) is 3.08. The van der Waals surface area contributed by atoms with Gasteiger partial charge in [-0.2, -0.15) is 0 Å². The van der Waals surface area contributed by atoms with E-state index in [0.29, 0.717) is 18.7 Å². The number of H-pyrrole nitrogens is 1. The Balaban J connectivity index is 1.54. The molecule has 0 unspecified atom stereocenters. The molecule has 2 N–H and O–H groups in total. The lowest BCUT2D eigenvalue weighted by Gasteiger charge is -2.34. The van der Waals surface area contributed by atoms with E-state index in [0.717, 1.165) is 29.5 Å². The summed E-state index contributed by atoms with van der Waals surface area (Å²) < 4.78 is 0. The number of nitrogens with zero attached hydrogens (tertiary/aromatic N) is 3. The molecule has 0 bridgehead atoms. The summed E-state index contributed by atoms with van der Waals surface area (Å²) in [7, 11) is 0. The molecule has 3 heterocycles. The van der Waals surface area contributed by atoms with Gasteiger partial charge in [-0.25, -0.2) is 9.78 Å². The van der Waals surface area contributed by atoms with E-state index in [9.17, 15) is 9.59 Å². The highest BCUT2D eigenvalue weighted by Gasteiger charge is 2.22. The first-order valence-corrected chi connectivity index (χ1v) is 8.79. The molecule has 0 saturated carbocycles. The van der Waals surface area contributed by atoms with Crippen LogP contribution in [-0.4, -0.2) is 47.1 Å². The zero-order valence-corrected chi connectivity index (χ0v) is 14.7. The van der Waals surface area contributed by atoms with Crippen LogP contribution in [0.25, 0.3) is 0 Å². The van der Waals surface area contributed by atoms with Gasteiger partial charge < -0.3 is 20.1 Å². The van der Waals surface area contributed by atoms with Crippen LogP contribution in [0.2, 0.25) is 0 Å². The number of pyridine rings is 1. The third-order valence-corrected chi connectivity index (χ3v) is 5.00. The summed E-state index contributed by atoms with van der Waals surface area (Å²) in [5.41, 5.74) is 2.19. The summed E-state index contributed by atoms with van der Waals surface area (Å²) in [4.78, 5) is 35.4. The second-order valence-corrected chi connectivity index (χ2v) is 6.76. The maximum Gasteiger partial charge on any atom is 0.317 e. The summed E-state index contributed by atoms with van der Waals surface area (Å²) in [5.74, 6) is 0. The van der Waals surface area contributed by atoms with Crippen molar-refractivity contribution >= 4 is 22.5 Å². The highest BCUT2D eigenvalue weighted by molar-refractivity contribution is 7.13. The fourth-order valence-corrected chi connectivity index (χ4v) is 3.55. The zero-order valence-electron chi connectivity index (χ0n) is 13.8. The summed E-state index contributed by atoms with van der Waals surface area (Å²) in [6.45, 7) is 6.81. The fraction of sp³-hybridized carbons (Fsp3) is 0.438. The first-order valence-electron chi connectivity index (χ1n) is 7.91.